The molecule has 0 fully saturated rings. The van der Waals surface area contributed by atoms with Crippen molar-refractivity contribution in [2.24, 2.45) is 9.98 Å². The molecule has 0 aliphatic heterocycles. The Balaban J connectivity index is 3.10. The van der Waals surface area contributed by atoms with Crippen molar-refractivity contribution >= 4 is 12.4 Å². The average molecular weight is 372 g/mol. The molecular formula is C21H28N2O4. The summed E-state index contributed by atoms with van der Waals surface area (Å²) < 4.78 is 0. The summed E-state index contributed by atoms with van der Waals surface area (Å²) in [7, 11) is 0. The summed E-state index contributed by atoms with van der Waals surface area (Å²) in [5, 5.41) is 38.6. The molecule has 2 unspecified atom stereocenters. The molecule has 4 N–H and O–H groups in total. The van der Waals surface area contributed by atoms with Crippen LogP contribution < -0.4 is 0 Å². The van der Waals surface area contributed by atoms with Gasteiger partial charge in [-0.25, -0.2) is 0 Å². The van der Waals surface area contributed by atoms with E-state index in [-0.39, 0.29) is 24.7 Å². The Bertz CT molecular complexity index is 708. The monoisotopic (exact) mass is 372 g/mol. The zero-order valence-corrected chi connectivity index (χ0v) is 15.6. The lowest BCUT2D eigenvalue weighted by Crippen LogP contribution is -2.26. The molecule has 0 spiro atoms. The van der Waals surface area contributed by atoms with Crippen molar-refractivity contribution in [1.82, 2.24) is 0 Å². The first kappa shape index (κ1) is 22.3. The van der Waals surface area contributed by atoms with Crippen LogP contribution in [-0.4, -0.2) is 58.2 Å². The van der Waals surface area contributed by atoms with Crippen LogP contribution in [0, 0.1) is 0 Å². The first-order chi connectivity index (χ1) is 13.1. The van der Waals surface area contributed by atoms with Gasteiger partial charge in [-0.3, -0.25) is 9.98 Å². The summed E-state index contributed by atoms with van der Waals surface area (Å²) in [4.78, 5) is 8.93. The van der Waals surface area contributed by atoms with Crippen molar-refractivity contribution < 1.29 is 20.4 Å². The lowest BCUT2D eigenvalue weighted by molar-refractivity contribution is 0.243. The van der Waals surface area contributed by atoms with E-state index in [1.54, 1.807) is 55.6 Å². The fourth-order valence-electron chi connectivity index (χ4n) is 2.43. The maximum atomic E-state index is 9.92. The summed E-state index contributed by atoms with van der Waals surface area (Å²) in [6.07, 6.45) is 8.46. The van der Waals surface area contributed by atoms with Gasteiger partial charge in [0.25, 0.3) is 0 Å². The quantitative estimate of drug-likeness (QED) is 0.272. The second-order valence-corrected chi connectivity index (χ2v) is 5.81. The third-order valence-electron chi connectivity index (χ3n) is 3.91. The second-order valence-electron chi connectivity index (χ2n) is 5.81. The molecule has 0 amide bonds. The van der Waals surface area contributed by atoms with Crippen LogP contribution in [0.1, 0.15) is 25.3 Å². The standard InChI is InChI=1S/C21H28N2O4/c1-3-7-16(20(26)4-2)14-22-18(10-12-24)19(11-13-25)23-15-17-8-5-6-9-21(17)27/h3-9,14-15,18-19,24-27H,1,10-13H2,2H3/b16-7-,20-4+,22-14?,23-15?. The number of aliphatic imine (C=N–C) groups is 2. The molecule has 0 bridgehead atoms. The number of hydrogen-bond donors (Lipinski definition) is 4. The SMILES string of the molecule is C=C/C=C(C=NC(CCO)C(CCO)N=Cc1ccccc1O)\C(O)=C/C. The molecule has 0 aromatic heterocycles. The molecule has 1 rings (SSSR count). The molecule has 0 saturated carbocycles. The minimum atomic E-state index is -0.401. The molecule has 27 heavy (non-hydrogen) atoms. The molecule has 0 radical (unpaired) electrons. The van der Waals surface area contributed by atoms with Crippen LogP contribution in [0.5, 0.6) is 5.75 Å². The molecule has 146 valence electrons. The van der Waals surface area contributed by atoms with Gasteiger partial charge in [-0.2, -0.15) is 0 Å². The Morgan fingerprint density at radius 1 is 1.11 bits per heavy atom. The molecular weight excluding hydrogens is 344 g/mol. The molecule has 1 aromatic rings. The smallest absolute Gasteiger partial charge is 0.124 e. The Hall–Kier alpha value is -2.70. The van der Waals surface area contributed by atoms with Crippen LogP contribution in [0.3, 0.4) is 0 Å². The highest BCUT2D eigenvalue weighted by Crippen LogP contribution is 2.17. The third kappa shape index (κ3) is 7.60. The van der Waals surface area contributed by atoms with Crippen LogP contribution in [-0.2, 0) is 0 Å². The summed E-state index contributed by atoms with van der Waals surface area (Å²) in [5.41, 5.74) is 1.05. The number of aromatic hydroxyl groups is 1. The Kier molecular flexibility index (Phi) is 10.4. The van der Waals surface area contributed by atoms with Gasteiger partial charge in [-0.1, -0.05) is 30.9 Å². The van der Waals surface area contributed by atoms with Crippen molar-refractivity contribution in [2.75, 3.05) is 13.2 Å². The van der Waals surface area contributed by atoms with E-state index in [9.17, 15) is 20.4 Å². The second kappa shape index (κ2) is 12.6. The Labute approximate surface area is 160 Å². The Morgan fingerprint density at radius 2 is 1.74 bits per heavy atom. The molecule has 0 aliphatic rings. The molecule has 0 saturated heterocycles. The van der Waals surface area contributed by atoms with Crippen LogP contribution in [0.25, 0.3) is 0 Å². The van der Waals surface area contributed by atoms with Crippen molar-refractivity contribution in [2.45, 2.75) is 31.8 Å². The summed E-state index contributed by atoms with van der Waals surface area (Å²) in [5.74, 6) is 0.179. The molecule has 6 heteroatoms. The van der Waals surface area contributed by atoms with Crippen molar-refractivity contribution in [3.63, 3.8) is 0 Å². The average Bonchev–Trinajstić information content (AvgIpc) is 2.68. The number of nitrogens with zero attached hydrogens (tertiary/aromatic N) is 2. The molecule has 6 nitrogen and oxygen atoms in total. The lowest BCUT2D eigenvalue weighted by atomic mass is 10.0. The number of rotatable bonds is 11. The number of benzene rings is 1. The van der Waals surface area contributed by atoms with Crippen LogP contribution in [0.4, 0.5) is 0 Å². The van der Waals surface area contributed by atoms with Crippen LogP contribution in [0.2, 0.25) is 0 Å². The summed E-state index contributed by atoms with van der Waals surface area (Å²) in [6, 6.07) is 6.01. The molecule has 0 heterocycles. The van der Waals surface area contributed by atoms with Gasteiger partial charge in [0.15, 0.2) is 0 Å². The number of allylic oxidation sites excluding steroid dienone is 4. The highest BCUT2D eigenvalue weighted by molar-refractivity contribution is 5.84. The first-order valence-electron chi connectivity index (χ1n) is 8.81. The molecule has 0 aliphatic carbocycles. The van der Waals surface area contributed by atoms with Gasteiger partial charge in [-0.15, -0.1) is 0 Å². The van der Waals surface area contributed by atoms with E-state index in [2.05, 4.69) is 16.6 Å². The number of aliphatic hydroxyl groups excluding tert-OH is 3. The van der Waals surface area contributed by atoms with Crippen molar-refractivity contribution in [3.8, 4) is 5.75 Å². The topological polar surface area (TPSA) is 106 Å². The minimum Gasteiger partial charge on any atom is -0.508 e. The zero-order chi connectivity index (χ0) is 20.1. The van der Waals surface area contributed by atoms with Gasteiger partial charge in [0.1, 0.15) is 11.5 Å². The van der Waals surface area contributed by atoms with E-state index in [1.807, 2.05) is 0 Å². The lowest BCUT2D eigenvalue weighted by Gasteiger charge is -2.19. The predicted octanol–water partition coefficient (Wildman–Crippen LogP) is 2.96. The molecule has 1 aromatic carbocycles. The van der Waals surface area contributed by atoms with E-state index in [4.69, 9.17) is 0 Å². The van der Waals surface area contributed by atoms with Crippen molar-refractivity contribution in [1.29, 1.82) is 0 Å². The summed E-state index contributed by atoms with van der Waals surface area (Å²) >= 11 is 0. The number of phenols is 1. The minimum absolute atomic E-state index is 0.0674. The Morgan fingerprint density at radius 3 is 2.30 bits per heavy atom. The van der Waals surface area contributed by atoms with Crippen LogP contribution in [0.15, 0.2) is 70.4 Å². The van der Waals surface area contributed by atoms with E-state index in [0.29, 0.717) is 24.0 Å². The van der Waals surface area contributed by atoms with Gasteiger partial charge >= 0.3 is 0 Å². The van der Waals surface area contributed by atoms with Gasteiger partial charge in [-0.05, 0) is 38.0 Å². The van der Waals surface area contributed by atoms with Crippen LogP contribution >= 0.6 is 0 Å². The maximum Gasteiger partial charge on any atom is 0.124 e. The first-order valence-corrected chi connectivity index (χ1v) is 8.81. The van der Waals surface area contributed by atoms with E-state index in [1.165, 1.54) is 6.21 Å². The maximum absolute atomic E-state index is 9.92. The van der Waals surface area contributed by atoms with Crippen molar-refractivity contribution in [3.05, 3.63) is 66.0 Å². The largest absolute Gasteiger partial charge is 0.508 e. The highest BCUT2D eigenvalue weighted by atomic mass is 16.3. The van der Waals surface area contributed by atoms with Gasteiger partial charge in [0.05, 0.1) is 12.1 Å². The number of aliphatic hydroxyl groups is 3. The van der Waals surface area contributed by atoms with Gasteiger partial charge < -0.3 is 20.4 Å². The highest BCUT2D eigenvalue weighted by Gasteiger charge is 2.19. The number of hydrogen-bond acceptors (Lipinski definition) is 6. The number of phenolic OH excluding ortho intramolecular Hbond substituents is 1. The third-order valence-corrected chi connectivity index (χ3v) is 3.91. The van der Waals surface area contributed by atoms with E-state index in [0.717, 1.165) is 0 Å². The number of para-hydroxylation sites is 1. The van der Waals surface area contributed by atoms with E-state index >= 15 is 0 Å². The fraction of sp³-hybridized carbons (Fsp3) is 0.333. The van der Waals surface area contributed by atoms with Gasteiger partial charge in [0, 0.05) is 36.8 Å². The van der Waals surface area contributed by atoms with E-state index < -0.39 is 12.1 Å². The predicted molar refractivity (Wildman–Crippen MR) is 110 cm³/mol. The fourth-order valence-corrected chi connectivity index (χ4v) is 2.43. The molecule has 2 atom stereocenters. The zero-order valence-electron chi connectivity index (χ0n) is 15.6. The normalized spacial score (nSPS) is 15.4. The summed E-state index contributed by atoms with van der Waals surface area (Å²) in [6.45, 7) is 5.15. The van der Waals surface area contributed by atoms with Gasteiger partial charge in [0.2, 0.25) is 0 Å².